The molecular weight excluding hydrogens is 569 g/mol. The Kier molecular flexibility index (Phi) is 6.05. The van der Waals surface area contributed by atoms with Crippen molar-refractivity contribution in [2.24, 2.45) is 0 Å². The number of pyridine rings is 1. The third-order valence-electron chi connectivity index (χ3n) is 4.60. The van der Waals surface area contributed by atoms with E-state index in [9.17, 15) is 18.3 Å². The maximum atomic E-state index is 13.3. The van der Waals surface area contributed by atoms with Gasteiger partial charge in [-0.15, -0.1) is 5.10 Å². The Morgan fingerprint density at radius 2 is 1.94 bits per heavy atom. The zero-order valence-corrected chi connectivity index (χ0v) is 20.2. The highest BCUT2D eigenvalue weighted by molar-refractivity contribution is 14.1. The second-order valence-electron chi connectivity index (χ2n) is 6.82. The number of carboxylic acid groups (broad SMARTS) is 1. The van der Waals surface area contributed by atoms with Crippen LogP contribution in [-0.4, -0.2) is 45.8 Å². The van der Waals surface area contributed by atoms with E-state index in [-0.39, 0.29) is 15.7 Å². The van der Waals surface area contributed by atoms with E-state index in [0.29, 0.717) is 14.9 Å². The minimum atomic E-state index is -4.22. The summed E-state index contributed by atoms with van der Waals surface area (Å²) in [6.45, 7) is 1.08. The van der Waals surface area contributed by atoms with Crippen LogP contribution in [0.5, 0.6) is 0 Å². The third-order valence-corrected chi connectivity index (χ3v) is 7.09. The molecule has 9 nitrogen and oxygen atoms in total. The van der Waals surface area contributed by atoms with Gasteiger partial charge >= 0.3 is 5.97 Å². The Balaban J connectivity index is 1.81. The molecule has 0 spiro atoms. The Labute approximate surface area is 201 Å². The van der Waals surface area contributed by atoms with Gasteiger partial charge in [-0.25, -0.2) is 13.4 Å². The van der Waals surface area contributed by atoms with Crippen LogP contribution >= 0.6 is 34.2 Å². The summed E-state index contributed by atoms with van der Waals surface area (Å²) in [7, 11) is -4.22. The fraction of sp³-hybridized carbons (Fsp3) is 0.100. The fourth-order valence-corrected chi connectivity index (χ4v) is 5.83. The van der Waals surface area contributed by atoms with Gasteiger partial charge in [0.05, 0.1) is 21.8 Å². The molecule has 0 aliphatic heterocycles. The Bertz CT molecular complexity index is 1420. The molecule has 32 heavy (non-hydrogen) atoms. The summed E-state index contributed by atoms with van der Waals surface area (Å²) in [5.74, 6) is -0.689. The van der Waals surface area contributed by atoms with E-state index < -0.39 is 22.5 Å². The first kappa shape index (κ1) is 22.4. The average Bonchev–Trinajstić information content (AvgIpc) is 3.15. The second kappa shape index (κ2) is 8.64. The van der Waals surface area contributed by atoms with Crippen molar-refractivity contribution in [2.75, 3.05) is 10.8 Å². The van der Waals surface area contributed by atoms with Gasteiger partial charge in [-0.2, -0.15) is 5.10 Å². The molecule has 0 aliphatic carbocycles. The van der Waals surface area contributed by atoms with E-state index >= 15 is 0 Å². The molecule has 4 rings (SSSR count). The molecule has 0 atom stereocenters. The van der Waals surface area contributed by atoms with Crippen LogP contribution in [-0.2, 0) is 14.8 Å². The lowest BCUT2D eigenvalue weighted by molar-refractivity contribution is -0.135. The number of aromatic nitrogens is 4. The van der Waals surface area contributed by atoms with Crippen molar-refractivity contribution in [3.63, 3.8) is 0 Å². The molecule has 0 aliphatic rings. The number of halogens is 2. The van der Waals surface area contributed by atoms with Gasteiger partial charge in [-0.3, -0.25) is 13.7 Å². The minimum Gasteiger partial charge on any atom is -0.480 e. The first-order valence-electron chi connectivity index (χ1n) is 9.14. The highest BCUT2D eigenvalue weighted by Crippen LogP contribution is 2.30. The van der Waals surface area contributed by atoms with E-state index in [0.717, 1.165) is 15.5 Å². The largest absolute Gasteiger partial charge is 0.480 e. The molecule has 0 saturated carbocycles. The molecule has 0 saturated heterocycles. The highest BCUT2D eigenvalue weighted by Gasteiger charge is 2.28. The van der Waals surface area contributed by atoms with Crippen molar-refractivity contribution in [3.05, 3.63) is 69.3 Å². The maximum absolute atomic E-state index is 13.3. The monoisotopic (exact) mass is 583 g/mol. The molecule has 0 radical (unpaired) electrons. The molecular formula is C20H15ClIN5O4S. The number of anilines is 1. The molecule has 4 aromatic rings. The standard InChI is InChI=1S/C20H15ClIN5O4S/c1-12-2-5-19(25-24-12)26-7-6-13-8-14(3-4-16(13)26)27(11-20(28)29)32(30,31)15-9-17(21)23-18(22)10-15/h2-10H,11H2,1H3,(H,28,29). The number of aliphatic carboxylic acids is 1. The van der Waals surface area contributed by atoms with Crippen molar-refractivity contribution < 1.29 is 18.3 Å². The summed E-state index contributed by atoms with van der Waals surface area (Å²) >= 11 is 7.78. The van der Waals surface area contributed by atoms with Gasteiger partial charge in [0.2, 0.25) is 0 Å². The second-order valence-corrected chi connectivity index (χ2v) is 10.2. The van der Waals surface area contributed by atoms with Crippen LogP contribution in [0.4, 0.5) is 5.69 Å². The van der Waals surface area contributed by atoms with Crippen LogP contribution in [0.15, 0.2) is 59.6 Å². The van der Waals surface area contributed by atoms with Crippen LogP contribution < -0.4 is 4.31 Å². The lowest BCUT2D eigenvalue weighted by Crippen LogP contribution is -2.35. The number of carboxylic acids is 1. The number of fused-ring (bicyclic) bond motifs is 1. The molecule has 0 amide bonds. The topological polar surface area (TPSA) is 118 Å². The molecule has 0 bridgehead atoms. The average molecular weight is 584 g/mol. The van der Waals surface area contributed by atoms with E-state index in [1.807, 2.05) is 46.2 Å². The summed E-state index contributed by atoms with van der Waals surface area (Å²) in [5.41, 5.74) is 1.75. The van der Waals surface area contributed by atoms with E-state index in [4.69, 9.17) is 11.6 Å². The Hall–Kier alpha value is -2.77. The quantitative estimate of drug-likeness (QED) is 0.272. The molecule has 0 fully saturated rings. The van der Waals surface area contributed by atoms with Gasteiger partial charge in [0.25, 0.3) is 10.0 Å². The van der Waals surface area contributed by atoms with Crippen LogP contribution in [0.3, 0.4) is 0 Å². The highest BCUT2D eigenvalue weighted by atomic mass is 127. The fourth-order valence-electron chi connectivity index (χ4n) is 3.16. The molecule has 0 unspecified atom stereocenters. The van der Waals surface area contributed by atoms with Gasteiger partial charge in [-0.05, 0) is 78.0 Å². The summed E-state index contributed by atoms with van der Waals surface area (Å²) in [4.78, 5) is 15.3. The van der Waals surface area contributed by atoms with Gasteiger partial charge in [0.1, 0.15) is 15.4 Å². The molecule has 1 aromatic carbocycles. The van der Waals surface area contributed by atoms with Crippen LogP contribution in [0, 0.1) is 10.6 Å². The number of sulfonamides is 1. The summed E-state index contributed by atoms with van der Waals surface area (Å²) in [6.07, 6.45) is 1.79. The number of carbonyl (C=O) groups is 1. The lowest BCUT2D eigenvalue weighted by atomic mass is 10.2. The molecule has 3 aromatic heterocycles. The first-order valence-corrected chi connectivity index (χ1v) is 12.0. The first-order chi connectivity index (χ1) is 15.1. The lowest BCUT2D eigenvalue weighted by Gasteiger charge is -2.23. The number of benzene rings is 1. The van der Waals surface area contributed by atoms with Crippen molar-refractivity contribution in [1.82, 2.24) is 19.7 Å². The number of hydrogen-bond acceptors (Lipinski definition) is 6. The number of nitrogens with zero attached hydrogens (tertiary/aromatic N) is 5. The molecule has 3 heterocycles. The number of rotatable bonds is 6. The SMILES string of the molecule is Cc1ccc(-n2ccc3cc(N(CC(=O)O)S(=O)(=O)c4cc(Cl)nc(I)c4)ccc32)nn1. The van der Waals surface area contributed by atoms with E-state index in [2.05, 4.69) is 15.2 Å². The number of aryl methyl sites for hydroxylation is 1. The molecule has 12 heteroatoms. The predicted octanol–water partition coefficient (Wildman–Crippen LogP) is 3.66. The third kappa shape index (κ3) is 4.40. The minimum absolute atomic E-state index is 0.00233. The van der Waals surface area contributed by atoms with Crippen LogP contribution in [0.25, 0.3) is 16.7 Å². The van der Waals surface area contributed by atoms with Gasteiger partial charge in [-0.1, -0.05) is 11.6 Å². The maximum Gasteiger partial charge on any atom is 0.324 e. The zero-order valence-electron chi connectivity index (χ0n) is 16.5. The summed E-state index contributed by atoms with van der Waals surface area (Å²) < 4.78 is 29.6. The van der Waals surface area contributed by atoms with Gasteiger partial charge < -0.3 is 5.11 Å². The van der Waals surface area contributed by atoms with E-state index in [1.165, 1.54) is 12.1 Å². The molecule has 1 N–H and O–H groups in total. The van der Waals surface area contributed by atoms with Crippen molar-refractivity contribution in [2.45, 2.75) is 11.8 Å². The van der Waals surface area contributed by atoms with Crippen LogP contribution in [0.1, 0.15) is 5.69 Å². The van der Waals surface area contributed by atoms with Crippen molar-refractivity contribution in [3.8, 4) is 5.82 Å². The summed E-state index contributed by atoms with van der Waals surface area (Å²) in [5, 5.41) is 18.3. The zero-order chi connectivity index (χ0) is 23.0. The van der Waals surface area contributed by atoms with Gasteiger partial charge in [0.15, 0.2) is 5.82 Å². The Morgan fingerprint density at radius 3 is 2.59 bits per heavy atom. The number of hydrogen-bond donors (Lipinski definition) is 1. The summed E-state index contributed by atoms with van der Waals surface area (Å²) in [6, 6.07) is 12.9. The van der Waals surface area contributed by atoms with Gasteiger partial charge in [0, 0.05) is 11.6 Å². The smallest absolute Gasteiger partial charge is 0.324 e. The van der Waals surface area contributed by atoms with Crippen LogP contribution in [0.2, 0.25) is 5.15 Å². The van der Waals surface area contributed by atoms with Crippen molar-refractivity contribution >= 4 is 66.8 Å². The van der Waals surface area contributed by atoms with E-state index in [1.54, 1.807) is 30.5 Å². The Morgan fingerprint density at radius 1 is 1.16 bits per heavy atom. The van der Waals surface area contributed by atoms with Crippen molar-refractivity contribution in [1.29, 1.82) is 0 Å². The predicted molar refractivity (Wildman–Crippen MR) is 128 cm³/mol. The normalized spacial score (nSPS) is 11.6. The molecule has 164 valence electrons.